The molecule has 1 aromatic heterocycles. The molecule has 16 nitrogen and oxygen atoms in total. The van der Waals surface area contributed by atoms with Crippen molar-refractivity contribution in [2.45, 2.75) is 96.7 Å². The van der Waals surface area contributed by atoms with Gasteiger partial charge in [0.1, 0.15) is 40.8 Å². The molecule has 6 atom stereocenters. The van der Waals surface area contributed by atoms with Gasteiger partial charge in [0.05, 0.1) is 31.0 Å². The Kier molecular flexibility index (Phi) is 13.1. The van der Waals surface area contributed by atoms with E-state index in [-0.39, 0.29) is 75.1 Å². The maximum absolute atomic E-state index is 16.3. The minimum Gasteiger partial charge on any atom is -0.495 e. The van der Waals surface area contributed by atoms with Gasteiger partial charge in [-0.3, -0.25) is 24.3 Å². The van der Waals surface area contributed by atoms with Crippen LogP contribution in [0.25, 0.3) is 0 Å². The minimum atomic E-state index is -1.92. The quantitative estimate of drug-likeness (QED) is 0.117. The van der Waals surface area contributed by atoms with Gasteiger partial charge in [-0.15, -0.1) is 0 Å². The number of nitrogens with zero attached hydrogens (tertiary/aromatic N) is 3. The lowest BCUT2D eigenvalue weighted by atomic mass is 9.43. The van der Waals surface area contributed by atoms with Gasteiger partial charge in [0, 0.05) is 32.2 Å². The second-order valence-electron chi connectivity index (χ2n) is 18.5. The third kappa shape index (κ3) is 9.15. The molecule has 0 spiro atoms. The van der Waals surface area contributed by atoms with Crippen LogP contribution < -0.4 is 25.8 Å². The number of pyridine rings is 1. The standard InChI is InChI=1S/C45H55BF2N6O10/c1-43(2,3)62-41(58)34-29(47)14-13-26(37(34)60-7)19-33(46-63-32-21-27-20-31(44(27,4)5)45(32,6)64-46)51-38(55)36(52-42(59)54-18-17-53(16-15-49)39(56)40(54)57)35-30(48)22-28(23-50-35)61-24-25-11-9-8-10-12-25/h8-14,22-23,27,31-33,36H,15-21,24,49H2,1-7H3,(H,51,55)(H,52,59)/p+1/t27-,31-,32+,33-,36?,45-/m0/s1. The number of ether oxygens (including phenoxy) is 3. The Hall–Kier alpha value is -5.66. The van der Waals surface area contributed by atoms with Crippen LogP contribution in [0.5, 0.6) is 11.5 Å². The smallest absolute Gasteiger partial charge is 0.495 e. The van der Waals surface area contributed by atoms with E-state index in [1.54, 1.807) is 20.8 Å². The molecule has 2 saturated heterocycles. The molecular formula is C45H56BF2N6O10+. The van der Waals surface area contributed by atoms with E-state index in [4.69, 9.17) is 29.3 Å². The summed E-state index contributed by atoms with van der Waals surface area (Å²) in [5.74, 6) is -6.84. The fourth-order valence-electron chi connectivity index (χ4n) is 9.46. The first kappa shape index (κ1) is 46.3. The average molecular weight is 890 g/mol. The maximum Gasteiger partial charge on any atom is 1.00 e. The SMILES string of the molecule is COc1c(C[C@H](NC(=O)C(NC(=O)N2CCN(CCN)C(=O)C2=O)c2ncc(OCc3ccccc3)cc2F)B2O[C@@H]3C[C@@H]4C[C@@H](C4(C)C)[C@]3(C)O2)ccc(F)c1C(=O)OC(C)(C)C.[H+]. The highest BCUT2D eigenvalue weighted by Gasteiger charge is 2.68. The Labute approximate surface area is 372 Å². The fraction of sp³-hybridized carbons (Fsp3) is 0.511. The molecule has 3 saturated carbocycles. The van der Waals surface area contributed by atoms with E-state index in [1.165, 1.54) is 24.3 Å². The summed E-state index contributed by atoms with van der Waals surface area (Å²) in [5.41, 5.74) is 3.87. The molecule has 2 aromatic carbocycles. The van der Waals surface area contributed by atoms with Crippen molar-refractivity contribution in [1.29, 1.82) is 0 Å². The lowest BCUT2D eigenvalue weighted by molar-refractivity contribution is -0.199. The largest absolute Gasteiger partial charge is 1.00 e. The van der Waals surface area contributed by atoms with Crippen molar-refractivity contribution in [3.63, 3.8) is 0 Å². The molecule has 64 heavy (non-hydrogen) atoms. The van der Waals surface area contributed by atoms with E-state index in [0.29, 0.717) is 17.2 Å². The van der Waals surface area contributed by atoms with E-state index in [0.717, 1.165) is 24.1 Å². The molecule has 5 amide bonds. The van der Waals surface area contributed by atoms with Crippen LogP contribution in [0, 0.1) is 28.9 Å². The molecule has 2 aliphatic heterocycles. The summed E-state index contributed by atoms with van der Waals surface area (Å²) in [6.07, 6.45) is 2.26. The number of amides is 5. The molecule has 342 valence electrons. The van der Waals surface area contributed by atoms with Crippen molar-refractivity contribution in [2.75, 3.05) is 33.3 Å². The van der Waals surface area contributed by atoms with Crippen LogP contribution in [0.3, 0.4) is 0 Å². The number of halogens is 2. The number of urea groups is 1. The normalized spacial score (nSPS) is 23.4. The van der Waals surface area contributed by atoms with E-state index < -0.39 is 82.9 Å². The number of esters is 1. The molecule has 5 fully saturated rings. The van der Waals surface area contributed by atoms with Gasteiger partial charge < -0.3 is 44.8 Å². The number of piperazine rings is 1. The summed E-state index contributed by atoms with van der Waals surface area (Å²) in [5, 5.41) is 5.31. The van der Waals surface area contributed by atoms with Crippen LogP contribution in [-0.2, 0) is 41.5 Å². The molecule has 3 aliphatic carbocycles. The van der Waals surface area contributed by atoms with E-state index in [9.17, 15) is 24.0 Å². The monoisotopic (exact) mass is 889 g/mol. The van der Waals surface area contributed by atoms with Crippen molar-refractivity contribution in [1.82, 2.24) is 25.4 Å². The highest BCUT2D eigenvalue weighted by atomic mass is 19.1. The van der Waals surface area contributed by atoms with Crippen LogP contribution in [0.15, 0.2) is 54.7 Å². The third-order valence-corrected chi connectivity index (χ3v) is 12.9. The van der Waals surface area contributed by atoms with Crippen molar-refractivity contribution >= 4 is 36.8 Å². The van der Waals surface area contributed by atoms with Gasteiger partial charge in [-0.25, -0.2) is 18.4 Å². The Morgan fingerprint density at radius 3 is 2.42 bits per heavy atom. The Morgan fingerprint density at radius 1 is 1.03 bits per heavy atom. The van der Waals surface area contributed by atoms with E-state index >= 15 is 8.78 Å². The zero-order valence-electron chi connectivity index (χ0n) is 38.1. The number of hydrogen-bond donors (Lipinski definition) is 3. The minimum absolute atomic E-state index is 0. The predicted molar refractivity (Wildman–Crippen MR) is 229 cm³/mol. The van der Waals surface area contributed by atoms with E-state index in [2.05, 4.69) is 29.5 Å². The molecule has 3 heterocycles. The molecule has 19 heteroatoms. The van der Waals surface area contributed by atoms with Crippen molar-refractivity contribution in [3.8, 4) is 11.5 Å². The first-order chi connectivity index (χ1) is 30.2. The Bertz CT molecular complexity index is 2310. The molecule has 4 N–H and O–H groups in total. The predicted octanol–water partition coefficient (Wildman–Crippen LogP) is 4.39. The van der Waals surface area contributed by atoms with Crippen LogP contribution in [-0.4, -0.2) is 108 Å². The second kappa shape index (κ2) is 18.1. The van der Waals surface area contributed by atoms with Crippen LogP contribution in [0.2, 0.25) is 0 Å². The molecule has 0 radical (unpaired) electrons. The molecule has 2 bridgehead atoms. The van der Waals surface area contributed by atoms with Crippen LogP contribution >= 0.6 is 0 Å². The second-order valence-corrected chi connectivity index (χ2v) is 18.5. The van der Waals surface area contributed by atoms with Crippen molar-refractivity contribution < 1.29 is 57.7 Å². The lowest BCUT2D eigenvalue weighted by Crippen LogP contribution is -2.65. The van der Waals surface area contributed by atoms with Crippen molar-refractivity contribution in [2.24, 2.45) is 23.0 Å². The average Bonchev–Trinajstić information content (AvgIpc) is 3.61. The van der Waals surface area contributed by atoms with Crippen LogP contribution in [0.1, 0.15) is 89.0 Å². The number of benzene rings is 2. The van der Waals surface area contributed by atoms with E-state index in [1.807, 2.05) is 37.3 Å². The van der Waals surface area contributed by atoms with Crippen LogP contribution in [0.4, 0.5) is 13.6 Å². The number of imide groups is 1. The van der Waals surface area contributed by atoms with Gasteiger partial charge in [0.2, 0.25) is 5.91 Å². The zero-order chi connectivity index (χ0) is 46.3. The van der Waals surface area contributed by atoms with Gasteiger partial charge in [-0.05, 0) is 81.4 Å². The van der Waals surface area contributed by atoms with Gasteiger partial charge >= 0.3 is 32.4 Å². The van der Waals surface area contributed by atoms with Crippen molar-refractivity contribution in [3.05, 3.63) is 88.7 Å². The number of methoxy groups -OCH3 is 1. The van der Waals surface area contributed by atoms with Gasteiger partial charge in [0.25, 0.3) is 0 Å². The summed E-state index contributed by atoms with van der Waals surface area (Å²) in [4.78, 5) is 74.3. The Morgan fingerprint density at radius 2 is 1.77 bits per heavy atom. The fourth-order valence-corrected chi connectivity index (χ4v) is 9.46. The topological polar surface area (TPSA) is 201 Å². The summed E-state index contributed by atoms with van der Waals surface area (Å²) in [6.45, 7) is 11.3. The summed E-state index contributed by atoms with van der Waals surface area (Å²) in [6, 6.07) is 9.54. The van der Waals surface area contributed by atoms with Gasteiger partial charge in [-0.2, -0.15) is 0 Å². The number of nitrogens with one attached hydrogen (secondary N) is 2. The van der Waals surface area contributed by atoms with Gasteiger partial charge in [0.15, 0.2) is 11.9 Å². The van der Waals surface area contributed by atoms with Gasteiger partial charge in [-0.1, -0.05) is 50.2 Å². The number of hydrogen-bond acceptors (Lipinski definition) is 12. The number of rotatable bonds is 14. The molecule has 3 aromatic rings. The third-order valence-electron chi connectivity index (χ3n) is 12.9. The first-order valence-corrected chi connectivity index (χ1v) is 21.4. The molecule has 5 aliphatic rings. The number of carbonyl (C=O) groups excluding carboxylic acids is 5. The first-order valence-electron chi connectivity index (χ1n) is 21.4. The molecule has 8 rings (SSSR count). The summed E-state index contributed by atoms with van der Waals surface area (Å²) < 4.78 is 62.1. The summed E-state index contributed by atoms with van der Waals surface area (Å²) in [7, 11) is 0.120. The highest BCUT2D eigenvalue weighted by Crippen LogP contribution is 2.65. The molecule has 1 unspecified atom stereocenters. The highest BCUT2D eigenvalue weighted by molar-refractivity contribution is 6.48. The number of carbonyl (C=O) groups is 5. The zero-order valence-corrected chi connectivity index (χ0v) is 37.1. The number of nitrogens with two attached hydrogens (primary N) is 1. The Balaban J connectivity index is 0.00000700. The maximum atomic E-state index is 16.3. The summed E-state index contributed by atoms with van der Waals surface area (Å²) >= 11 is 0. The molecular weight excluding hydrogens is 833 g/mol. The number of aromatic nitrogens is 1. The lowest BCUT2D eigenvalue weighted by Gasteiger charge is -2.64.